The number of carbonyl (C=O) groups is 2. The number of ether oxygens (including phenoxy) is 1. The van der Waals surface area contributed by atoms with Crippen LogP contribution in [0.4, 0.5) is 0 Å². The molecular formula is C20H19N3O3S2. The summed E-state index contributed by atoms with van der Waals surface area (Å²) in [6.45, 7) is 2.35. The van der Waals surface area contributed by atoms with E-state index in [1.54, 1.807) is 35.6 Å². The van der Waals surface area contributed by atoms with Gasteiger partial charge in [-0.05, 0) is 36.2 Å². The molecule has 0 fully saturated rings. The molecule has 0 saturated carbocycles. The number of hydrogen-bond donors (Lipinski definition) is 1. The number of aromatic nitrogens is 1. The predicted molar refractivity (Wildman–Crippen MR) is 113 cm³/mol. The third-order valence-corrected chi connectivity index (χ3v) is 5.77. The first kappa shape index (κ1) is 20.0. The first-order valence-corrected chi connectivity index (χ1v) is 10.5. The van der Waals surface area contributed by atoms with E-state index < -0.39 is 0 Å². The van der Waals surface area contributed by atoms with E-state index in [1.165, 1.54) is 18.0 Å². The van der Waals surface area contributed by atoms with Crippen molar-refractivity contribution in [3.63, 3.8) is 0 Å². The topological polar surface area (TPSA) is 80.6 Å². The quantitative estimate of drug-likeness (QED) is 0.260. The number of nitrogens with zero attached hydrogens (tertiary/aromatic N) is 2. The lowest BCUT2D eigenvalue weighted by Gasteiger charge is -2.03. The molecule has 0 spiro atoms. The summed E-state index contributed by atoms with van der Waals surface area (Å²) in [5, 5.41) is 3.95. The van der Waals surface area contributed by atoms with Gasteiger partial charge in [0.05, 0.1) is 34.4 Å². The van der Waals surface area contributed by atoms with E-state index in [0.717, 1.165) is 26.5 Å². The van der Waals surface area contributed by atoms with Crippen molar-refractivity contribution in [3.8, 4) is 0 Å². The second-order valence-electron chi connectivity index (χ2n) is 5.79. The molecule has 3 aromatic rings. The lowest BCUT2D eigenvalue weighted by atomic mass is 10.1. The van der Waals surface area contributed by atoms with Crippen LogP contribution in [0.5, 0.6) is 0 Å². The highest BCUT2D eigenvalue weighted by Gasteiger charge is 2.07. The third-order valence-electron chi connectivity index (χ3n) is 3.59. The molecule has 1 N–H and O–H groups in total. The van der Waals surface area contributed by atoms with E-state index in [1.807, 2.05) is 31.2 Å². The van der Waals surface area contributed by atoms with Crippen LogP contribution in [0.3, 0.4) is 0 Å². The second kappa shape index (κ2) is 10.0. The van der Waals surface area contributed by atoms with Crippen molar-refractivity contribution in [2.45, 2.75) is 17.7 Å². The molecule has 6 nitrogen and oxygen atoms in total. The second-order valence-corrected chi connectivity index (χ2v) is 8.04. The maximum Gasteiger partial charge on any atom is 0.338 e. The zero-order valence-corrected chi connectivity index (χ0v) is 16.9. The molecule has 1 heterocycles. The van der Waals surface area contributed by atoms with Crippen molar-refractivity contribution < 1.29 is 14.3 Å². The average Bonchev–Trinajstić information content (AvgIpc) is 3.14. The normalized spacial score (nSPS) is 11.0. The van der Waals surface area contributed by atoms with E-state index in [9.17, 15) is 9.59 Å². The largest absolute Gasteiger partial charge is 0.462 e. The zero-order chi connectivity index (χ0) is 19.8. The highest BCUT2D eigenvalue weighted by molar-refractivity contribution is 8.01. The van der Waals surface area contributed by atoms with E-state index in [0.29, 0.717) is 12.2 Å². The van der Waals surface area contributed by atoms with Crippen molar-refractivity contribution in [2.24, 2.45) is 5.10 Å². The van der Waals surface area contributed by atoms with E-state index in [-0.39, 0.29) is 17.6 Å². The van der Waals surface area contributed by atoms with Gasteiger partial charge in [-0.2, -0.15) is 5.10 Å². The molecule has 28 heavy (non-hydrogen) atoms. The molecule has 0 aliphatic rings. The Labute approximate surface area is 171 Å². The molecule has 2 aromatic carbocycles. The van der Waals surface area contributed by atoms with Gasteiger partial charge in [-0.15, -0.1) is 11.3 Å². The van der Waals surface area contributed by atoms with Crippen molar-refractivity contribution in [3.05, 3.63) is 59.7 Å². The first-order valence-electron chi connectivity index (χ1n) is 8.73. The van der Waals surface area contributed by atoms with Crippen LogP contribution in [-0.2, 0) is 9.53 Å². The summed E-state index contributed by atoms with van der Waals surface area (Å²) in [5.74, 6) is -0.315. The monoisotopic (exact) mass is 413 g/mol. The number of thioether (sulfide) groups is 1. The van der Waals surface area contributed by atoms with Gasteiger partial charge in [0.1, 0.15) is 0 Å². The van der Waals surface area contributed by atoms with Gasteiger partial charge in [0, 0.05) is 0 Å². The van der Waals surface area contributed by atoms with Gasteiger partial charge in [-0.25, -0.2) is 15.2 Å². The maximum atomic E-state index is 11.9. The minimum absolute atomic E-state index is 0.208. The van der Waals surface area contributed by atoms with Gasteiger partial charge in [0.15, 0.2) is 4.34 Å². The molecule has 0 bridgehead atoms. The number of benzene rings is 2. The average molecular weight is 414 g/mol. The van der Waals surface area contributed by atoms with Gasteiger partial charge < -0.3 is 4.74 Å². The molecule has 0 radical (unpaired) electrons. The number of thiazole rings is 1. The number of rotatable bonds is 8. The Balaban J connectivity index is 1.45. The first-order chi connectivity index (χ1) is 13.7. The summed E-state index contributed by atoms with van der Waals surface area (Å²) < 4.78 is 7.03. The number of hydrogen-bond acceptors (Lipinski definition) is 7. The summed E-state index contributed by atoms with van der Waals surface area (Å²) in [6, 6.07) is 14.7. The number of carbonyl (C=O) groups excluding carboxylic acids is 2. The number of amides is 1. The lowest BCUT2D eigenvalue weighted by Crippen LogP contribution is -2.19. The minimum Gasteiger partial charge on any atom is -0.462 e. The van der Waals surface area contributed by atoms with Crippen molar-refractivity contribution in [1.29, 1.82) is 0 Å². The standard InChI is InChI=1S/C20H19N3O3S2/c1-2-11-26-19(25)15-9-7-14(8-10-15)12-21-23-18(24)13-27-20-22-16-5-3-4-6-17(16)28-20/h3-10,12H,2,11,13H2,1H3,(H,23,24)/b21-12+. The van der Waals surface area contributed by atoms with Crippen LogP contribution in [0.2, 0.25) is 0 Å². The fourth-order valence-electron chi connectivity index (χ4n) is 2.23. The van der Waals surface area contributed by atoms with Crippen LogP contribution in [0.1, 0.15) is 29.3 Å². The number of fused-ring (bicyclic) bond motifs is 1. The fourth-order valence-corrected chi connectivity index (χ4v) is 4.10. The SMILES string of the molecule is CCCOC(=O)c1ccc(/C=N/NC(=O)CSc2nc3ccccc3s2)cc1. The molecule has 3 rings (SSSR count). The molecule has 0 aliphatic heterocycles. The molecule has 144 valence electrons. The Hall–Kier alpha value is -2.71. The van der Waals surface area contributed by atoms with Gasteiger partial charge in [-0.3, -0.25) is 4.79 Å². The maximum absolute atomic E-state index is 11.9. The zero-order valence-electron chi connectivity index (χ0n) is 15.3. The van der Waals surface area contributed by atoms with Crippen LogP contribution in [0.25, 0.3) is 10.2 Å². The summed E-state index contributed by atoms with van der Waals surface area (Å²) in [6.07, 6.45) is 2.31. The van der Waals surface area contributed by atoms with Gasteiger partial charge in [-0.1, -0.05) is 43.0 Å². The highest BCUT2D eigenvalue weighted by atomic mass is 32.2. The molecule has 0 atom stereocenters. The molecule has 8 heteroatoms. The Kier molecular flexibility index (Phi) is 7.16. The highest BCUT2D eigenvalue weighted by Crippen LogP contribution is 2.28. The number of nitrogens with one attached hydrogen (secondary N) is 1. The fraction of sp³-hybridized carbons (Fsp3) is 0.200. The number of esters is 1. The van der Waals surface area contributed by atoms with Crippen molar-refractivity contribution >= 4 is 51.4 Å². The van der Waals surface area contributed by atoms with Gasteiger partial charge in [0.2, 0.25) is 0 Å². The van der Waals surface area contributed by atoms with E-state index >= 15 is 0 Å². The summed E-state index contributed by atoms with van der Waals surface area (Å²) in [4.78, 5) is 28.2. The smallest absolute Gasteiger partial charge is 0.338 e. The lowest BCUT2D eigenvalue weighted by molar-refractivity contribution is -0.118. The van der Waals surface area contributed by atoms with Crippen LogP contribution < -0.4 is 5.43 Å². The molecular weight excluding hydrogens is 394 g/mol. The van der Waals surface area contributed by atoms with Crippen LogP contribution >= 0.6 is 23.1 Å². The molecule has 1 aromatic heterocycles. The molecule has 0 unspecified atom stereocenters. The van der Waals surface area contributed by atoms with Crippen LogP contribution in [-0.4, -0.2) is 35.4 Å². The molecule has 0 aliphatic carbocycles. The number of hydrazone groups is 1. The molecule has 1 amide bonds. The third kappa shape index (κ3) is 5.64. The Morgan fingerprint density at radius 3 is 2.75 bits per heavy atom. The predicted octanol–water partition coefficient (Wildman–Crippen LogP) is 4.11. The van der Waals surface area contributed by atoms with Crippen molar-refractivity contribution in [1.82, 2.24) is 10.4 Å². The Morgan fingerprint density at radius 2 is 2.00 bits per heavy atom. The van der Waals surface area contributed by atoms with E-state index in [4.69, 9.17) is 4.74 Å². The summed E-state index contributed by atoms with van der Waals surface area (Å²) in [5.41, 5.74) is 4.69. The molecule has 0 saturated heterocycles. The number of para-hydroxylation sites is 1. The van der Waals surface area contributed by atoms with Crippen LogP contribution in [0.15, 0.2) is 58.0 Å². The van der Waals surface area contributed by atoms with Gasteiger partial charge >= 0.3 is 5.97 Å². The van der Waals surface area contributed by atoms with Crippen LogP contribution in [0, 0.1) is 0 Å². The summed E-state index contributed by atoms with van der Waals surface area (Å²) in [7, 11) is 0. The Bertz CT molecular complexity index is 951. The summed E-state index contributed by atoms with van der Waals surface area (Å²) >= 11 is 2.95. The minimum atomic E-state index is -0.342. The van der Waals surface area contributed by atoms with Gasteiger partial charge in [0.25, 0.3) is 5.91 Å². The van der Waals surface area contributed by atoms with E-state index in [2.05, 4.69) is 15.5 Å². The Morgan fingerprint density at radius 1 is 1.21 bits per heavy atom. The van der Waals surface area contributed by atoms with Crippen molar-refractivity contribution in [2.75, 3.05) is 12.4 Å².